The van der Waals surface area contributed by atoms with E-state index in [1.807, 2.05) is 54.6 Å². The molecular weight excluding hydrogens is 306 g/mol. The number of nitrogens with zero attached hydrogens (tertiary/aromatic N) is 2. The second-order valence-electron chi connectivity index (χ2n) is 5.41. The van der Waals surface area contributed by atoms with Gasteiger partial charge in [0.2, 0.25) is 6.21 Å². The predicted octanol–water partition coefficient (Wildman–Crippen LogP) is 2.24. The molecule has 0 radical (unpaired) electrons. The molecule has 124 valence electrons. The van der Waals surface area contributed by atoms with Crippen molar-refractivity contribution in [1.29, 1.82) is 0 Å². The predicted molar refractivity (Wildman–Crippen MR) is 90.2 cm³/mol. The average molecular weight is 326 g/mol. The summed E-state index contributed by atoms with van der Waals surface area (Å²) in [6.07, 6.45) is 1.60. The number of hydrogen-bond donors (Lipinski definition) is 2. The summed E-state index contributed by atoms with van der Waals surface area (Å²) >= 11 is 0. The van der Waals surface area contributed by atoms with Crippen LogP contribution in [0.15, 0.2) is 54.6 Å². The van der Waals surface area contributed by atoms with Crippen LogP contribution in [0.2, 0.25) is 0 Å². The highest BCUT2D eigenvalue weighted by Crippen LogP contribution is 2.17. The number of carbonyl (C=O) groups is 1. The smallest absolute Gasteiger partial charge is 0.317 e. The number of amides is 2. The summed E-state index contributed by atoms with van der Waals surface area (Å²) in [5.74, 6) is 0.659. The van der Waals surface area contributed by atoms with E-state index in [0.717, 1.165) is 10.3 Å². The molecule has 1 fully saturated rings. The Balaban J connectivity index is 1.68. The Morgan fingerprint density at radius 3 is 2.67 bits per heavy atom. The molecule has 1 aliphatic heterocycles. The lowest BCUT2D eigenvalue weighted by atomic mass is 10.2. The van der Waals surface area contributed by atoms with Gasteiger partial charge in [-0.1, -0.05) is 30.3 Å². The van der Waals surface area contributed by atoms with E-state index in [9.17, 15) is 10.0 Å². The van der Waals surface area contributed by atoms with Crippen molar-refractivity contribution in [1.82, 2.24) is 10.2 Å². The topological polar surface area (TPSA) is 64.8 Å². The summed E-state index contributed by atoms with van der Waals surface area (Å²) in [6.45, 7) is 2.31. The van der Waals surface area contributed by atoms with Crippen molar-refractivity contribution in [3.63, 3.8) is 0 Å². The summed E-state index contributed by atoms with van der Waals surface area (Å²) in [6, 6.07) is 16.6. The molecule has 0 atom stereocenters. The molecule has 2 aromatic carbocycles. The molecule has 2 amide bonds. The Morgan fingerprint density at radius 2 is 1.92 bits per heavy atom. The summed E-state index contributed by atoms with van der Waals surface area (Å²) in [7, 11) is 0. The lowest BCUT2D eigenvalue weighted by Gasteiger charge is -2.15. The zero-order valence-corrected chi connectivity index (χ0v) is 13.3. The minimum Gasteiger partial charge on any atom is -0.491 e. The van der Waals surface area contributed by atoms with Crippen LogP contribution in [0.1, 0.15) is 5.56 Å². The van der Waals surface area contributed by atoms with E-state index in [-0.39, 0.29) is 6.03 Å². The molecule has 0 unspecified atom stereocenters. The maximum atomic E-state index is 11.5. The van der Waals surface area contributed by atoms with Crippen LogP contribution in [0.3, 0.4) is 0 Å². The fourth-order valence-corrected chi connectivity index (χ4v) is 2.50. The van der Waals surface area contributed by atoms with E-state index in [1.54, 1.807) is 11.1 Å². The Morgan fingerprint density at radius 1 is 1.17 bits per heavy atom. The highest BCUT2D eigenvalue weighted by molar-refractivity contribution is 5.80. The molecule has 2 aromatic rings. The first kappa shape index (κ1) is 15.9. The lowest BCUT2D eigenvalue weighted by Crippen LogP contribution is -2.31. The largest absolute Gasteiger partial charge is 0.491 e. The van der Waals surface area contributed by atoms with Gasteiger partial charge in [0.1, 0.15) is 12.4 Å². The van der Waals surface area contributed by atoms with Crippen molar-refractivity contribution in [2.75, 3.05) is 26.2 Å². The standard InChI is InChI=1S/C18H19N3O3/c22-18-19-10-11-20(18)12-13-24-17-9-5-4-6-15(17)14-21(23)16-7-2-1-3-8-16/h1-9,14H,10-13H2,(H-,19,22,23)/p+1/b21-14-. The van der Waals surface area contributed by atoms with Gasteiger partial charge in [0, 0.05) is 30.0 Å². The maximum Gasteiger partial charge on any atom is 0.317 e. The van der Waals surface area contributed by atoms with Crippen molar-refractivity contribution < 1.29 is 19.5 Å². The van der Waals surface area contributed by atoms with Gasteiger partial charge in [-0.3, -0.25) is 5.21 Å². The van der Waals surface area contributed by atoms with Crippen LogP contribution in [-0.4, -0.2) is 53.3 Å². The molecule has 0 aromatic heterocycles. The number of carbonyl (C=O) groups excluding carboxylic acids is 1. The van der Waals surface area contributed by atoms with Gasteiger partial charge in [-0.25, -0.2) is 4.79 Å². The number of rotatable bonds is 6. The third kappa shape index (κ3) is 3.84. The highest BCUT2D eigenvalue weighted by Gasteiger charge is 2.19. The highest BCUT2D eigenvalue weighted by atomic mass is 16.5. The Labute approximate surface area is 140 Å². The molecule has 1 saturated heterocycles. The number of nitrogens with one attached hydrogen (secondary N) is 1. The van der Waals surface area contributed by atoms with Crippen molar-refractivity contribution in [2.24, 2.45) is 0 Å². The van der Waals surface area contributed by atoms with Gasteiger partial charge >= 0.3 is 6.03 Å². The first-order chi connectivity index (χ1) is 11.7. The minimum atomic E-state index is -0.0518. The average Bonchev–Trinajstić information content (AvgIpc) is 3.02. The minimum absolute atomic E-state index is 0.0518. The van der Waals surface area contributed by atoms with E-state index in [1.165, 1.54) is 0 Å². The molecular formula is C18H20N3O3+. The third-order valence-corrected chi connectivity index (χ3v) is 3.77. The zero-order chi connectivity index (χ0) is 16.8. The second-order valence-corrected chi connectivity index (χ2v) is 5.41. The fourth-order valence-electron chi connectivity index (χ4n) is 2.50. The van der Waals surface area contributed by atoms with Gasteiger partial charge in [-0.15, -0.1) is 0 Å². The summed E-state index contributed by atoms with van der Waals surface area (Å²) in [5, 5.41) is 13.0. The normalized spacial score (nSPS) is 14.6. The number of benzene rings is 2. The molecule has 1 aliphatic rings. The van der Waals surface area contributed by atoms with Gasteiger partial charge < -0.3 is 15.0 Å². The lowest BCUT2D eigenvalue weighted by molar-refractivity contribution is -0.709. The molecule has 0 aliphatic carbocycles. The molecule has 1 heterocycles. The van der Waals surface area contributed by atoms with Crippen molar-refractivity contribution in [3.05, 3.63) is 60.2 Å². The van der Waals surface area contributed by atoms with Gasteiger partial charge in [0.05, 0.1) is 12.1 Å². The molecule has 0 saturated carbocycles. The van der Waals surface area contributed by atoms with E-state index in [2.05, 4.69) is 5.32 Å². The summed E-state index contributed by atoms with van der Waals surface area (Å²) in [5.41, 5.74) is 1.43. The van der Waals surface area contributed by atoms with Crippen LogP contribution in [0, 0.1) is 0 Å². The maximum absolute atomic E-state index is 11.5. The Bertz CT molecular complexity index is 731. The molecule has 6 nitrogen and oxygen atoms in total. The monoisotopic (exact) mass is 326 g/mol. The van der Waals surface area contributed by atoms with E-state index in [0.29, 0.717) is 37.7 Å². The van der Waals surface area contributed by atoms with Crippen LogP contribution in [-0.2, 0) is 0 Å². The Kier molecular flexibility index (Phi) is 4.96. The van der Waals surface area contributed by atoms with Crippen LogP contribution in [0.4, 0.5) is 10.5 Å². The van der Waals surface area contributed by atoms with Crippen LogP contribution in [0.5, 0.6) is 5.75 Å². The van der Waals surface area contributed by atoms with E-state index in [4.69, 9.17) is 4.74 Å². The summed E-state index contributed by atoms with van der Waals surface area (Å²) in [4.78, 5) is 13.2. The van der Waals surface area contributed by atoms with Gasteiger partial charge in [-0.2, -0.15) is 0 Å². The first-order valence-corrected chi connectivity index (χ1v) is 7.87. The molecule has 0 spiro atoms. The number of urea groups is 1. The SMILES string of the molecule is O=C1NCCN1CCOc1ccccc1/C=[N+](\O)c1ccccc1. The quantitative estimate of drug-likeness (QED) is 0.370. The first-order valence-electron chi connectivity index (χ1n) is 7.87. The van der Waals surface area contributed by atoms with Crippen molar-refractivity contribution in [2.45, 2.75) is 0 Å². The summed E-state index contributed by atoms with van der Waals surface area (Å²) < 4.78 is 6.86. The van der Waals surface area contributed by atoms with E-state index < -0.39 is 0 Å². The number of para-hydroxylation sites is 2. The molecule has 2 N–H and O–H groups in total. The second kappa shape index (κ2) is 7.50. The van der Waals surface area contributed by atoms with Gasteiger partial charge in [0.15, 0.2) is 0 Å². The molecule has 0 bridgehead atoms. The third-order valence-electron chi connectivity index (χ3n) is 3.77. The molecule has 24 heavy (non-hydrogen) atoms. The van der Waals surface area contributed by atoms with Crippen LogP contribution >= 0.6 is 0 Å². The zero-order valence-electron chi connectivity index (χ0n) is 13.3. The van der Waals surface area contributed by atoms with Crippen LogP contribution in [0.25, 0.3) is 0 Å². The Hall–Kier alpha value is -3.02. The van der Waals surface area contributed by atoms with Crippen molar-refractivity contribution >= 4 is 17.9 Å². The number of hydrogen-bond acceptors (Lipinski definition) is 3. The molecule has 6 heteroatoms. The van der Waals surface area contributed by atoms with E-state index >= 15 is 0 Å². The van der Waals surface area contributed by atoms with Gasteiger partial charge in [0.25, 0.3) is 5.69 Å². The molecule has 3 rings (SSSR count). The van der Waals surface area contributed by atoms with Gasteiger partial charge in [-0.05, 0) is 12.1 Å². The van der Waals surface area contributed by atoms with Crippen LogP contribution < -0.4 is 10.1 Å². The fraction of sp³-hybridized carbons (Fsp3) is 0.222. The number of ether oxygens (including phenoxy) is 1. The van der Waals surface area contributed by atoms with Crippen molar-refractivity contribution in [3.8, 4) is 5.75 Å².